The third kappa shape index (κ3) is 3.06. The van der Waals surface area contributed by atoms with Crippen LogP contribution in [-0.2, 0) is 16.0 Å². The lowest BCUT2D eigenvalue weighted by molar-refractivity contribution is 0.0571. The minimum atomic E-state index is -0.562. The average Bonchev–Trinajstić information content (AvgIpc) is 2.72. The van der Waals surface area contributed by atoms with Crippen molar-refractivity contribution in [2.45, 2.75) is 38.8 Å². The summed E-state index contributed by atoms with van der Waals surface area (Å²) in [6.45, 7) is 5.71. The standard InChI is InChI=1S/C15H18N2O3/c1-15(2,3)20-14(19)17-12(9-16-10-18)8-11-6-4-5-7-13(11)17/h4-7,12H,8-9H2,1-3H3. The summed E-state index contributed by atoms with van der Waals surface area (Å²) in [4.78, 5) is 27.9. The maximum Gasteiger partial charge on any atom is 0.415 e. The molecular weight excluding hydrogens is 256 g/mol. The summed E-state index contributed by atoms with van der Waals surface area (Å²) in [6, 6.07) is 7.46. The van der Waals surface area contributed by atoms with Gasteiger partial charge in [-0.1, -0.05) is 18.2 Å². The number of benzene rings is 1. The molecule has 1 atom stereocenters. The van der Waals surface area contributed by atoms with Crippen molar-refractivity contribution in [1.82, 2.24) is 0 Å². The first-order valence-corrected chi connectivity index (χ1v) is 6.56. The molecule has 106 valence electrons. The van der Waals surface area contributed by atoms with Crippen molar-refractivity contribution >= 4 is 17.9 Å². The molecule has 1 amide bonds. The van der Waals surface area contributed by atoms with E-state index < -0.39 is 11.7 Å². The van der Waals surface area contributed by atoms with Gasteiger partial charge >= 0.3 is 6.09 Å². The lowest BCUT2D eigenvalue weighted by Crippen LogP contribution is -2.42. The largest absolute Gasteiger partial charge is 0.443 e. The van der Waals surface area contributed by atoms with E-state index in [2.05, 4.69) is 4.99 Å². The van der Waals surface area contributed by atoms with Crippen LogP contribution >= 0.6 is 0 Å². The van der Waals surface area contributed by atoms with E-state index >= 15 is 0 Å². The van der Waals surface area contributed by atoms with E-state index in [4.69, 9.17) is 4.74 Å². The fraction of sp³-hybridized carbons (Fsp3) is 0.467. The van der Waals surface area contributed by atoms with Crippen LogP contribution in [0.15, 0.2) is 29.3 Å². The second-order valence-corrected chi connectivity index (χ2v) is 5.77. The molecular formula is C15H18N2O3. The summed E-state index contributed by atoms with van der Waals surface area (Å²) in [7, 11) is 0. The van der Waals surface area contributed by atoms with Crippen molar-refractivity contribution in [2.24, 2.45) is 4.99 Å². The molecule has 0 aliphatic carbocycles. The van der Waals surface area contributed by atoms with Crippen molar-refractivity contribution in [1.29, 1.82) is 0 Å². The molecule has 0 N–H and O–H groups in total. The Morgan fingerprint density at radius 1 is 1.45 bits per heavy atom. The van der Waals surface area contributed by atoms with Crippen molar-refractivity contribution in [3.8, 4) is 0 Å². The minimum absolute atomic E-state index is 0.191. The molecule has 0 fully saturated rings. The van der Waals surface area contributed by atoms with Crippen molar-refractivity contribution in [3.05, 3.63) is 29.8 Å². The Labute approximate surface area is 118 Å². The van der Waals surface area contributed by atoms with E-state index in [9.17, 15) is 9.59 Å². The van der Waals surface area contributed by atoms with Crippen LogP contribution in [0.1, 0.15) is 26.3 Å². The van der Waals surface area contributed by atoms with Crippen LogP contribution in [0.2, 0.25) is 0 Å². The minimum Gasteiger partial charge on any atom is -0.443 e. The summed E-state index contributed by atoms with van der Waals surface area (Å²) in [5.41, 5.74) is 1.32. The van der Waals surface area contributed by atoms with Crippen LogP contribution in [0.25, 0.3) is 0 Å². The Balaban J connectivity index is 2.29. The monoisotopic (exact) mass is 274 g/mol. The molecule has 1 heterocycles. The first kappa shape index (κ1) is 14.3. The predicted octanol–water partition coefficient (Wildman–Crippen LogP) is 2.69. The number of carbonyl (C=O) groups is 1. The Morgan fingerprint density at radius 2 is 2.15 bits per heavy atom. The smallest absolute Gasteiger partial charge is 0.415 e. The van der Waals surface area contributed by atoms with E-state index in [1.807, 2.05) is 45.0 Å². The number of hydrogen-bond acceptors (Lipinski definition) is 4. The first-order chi connectivity index (χ1) is 9.42. The van der Waals surface area contributed by atoms with Gasteiger partial charge in [0, 0.05) is 0 Å². The Kier molecular flexibility index (Phi) is 3.91. The Hall–Kier alpha value is -2.13. The number of isocyanates is 1. The zero-order valence-electron chi connectivity index (χ0n) is 11.9. The fourth-order valence-electron chi connectivity index (χ4n) is 2.31. The van der Waals surface area contributed by atoms with E-state index in [1.165, 1.54) is 6.08 Å². The molecule has 1 aromatic rings. The van der Waals surface area contributed by atoms with Gasteiger partial charge in [0.05, 0.1) is 18.3 Å². The molecule has 0 saturated heterocycles. The maximum atomic E-state index is 12.4. The summed E-state index contributed by atoms with van der Waals surface area (Å²) in [5, 5.41) is 0. The van der Waals surface area contributed by atoms with Crippen LogP contribution in [0.3, 0.4) is 0 Å². The van der Waals surface area contributed by atoms with Gasteiger partial charge in [-0.05, 0) is 38.8 Å². The average molecular weight is 274 g/mol. The molecule has 5 nitrogen and oxygen atoms in total. The Bertz CT molecular complexity index is 556. The zero-order valence-corrected chi connectivity index (χ0v) is 11.9. The number of anilines is 1. The molecule has 0 radical (unpaired) electrons. The van der Waals surface area contributed by atoms with E-state index in [-0.39, 0.29) is 12.6 Å². The van der Waals surface area contributed by atoms with Crippen molar-refractivity contribution in [2.75, 3.05) is 11.4 Å². The number of aliphatic imine (C=N–C) groups is 1. The third-order valence-corrected chi connectivity index (χ3v) is 3.03. The van der Waals surface area contributed by atoms with Gasteiger partial charge in [0.25, 0.3) is 0 Å². The second kappa shape index (κ2) is 5.47. The SMILES string of the molecule is CC(C)(C)OC(=O)N1c2ccccc2CC1CN=C=O. The number of fused-ring (bicyclic) bond motifs is 1. The number of carbonyl (C=O) groups excluding carboxylic acids is 2. The zero-order chi connectivity index (χ0) is 14.8. The molecule has 1 aliphatic heterocycles. The molecule has 0 spiro atoms. The van der Waals surface area contributed by atoms with E-state index in [1.54, 1.807) is 4.90 Å². The quantitative estimate of drug-likeness (QED) is 0.615. The summed E-state index contributed by atoms with van der Waals surface area (Å²) >= 11 is 0. The van der Waals surface area contributed by atoms with Gasteiger partial charge in [-0.25, -0.2) is 14.6 Å². The lowest BCUT2D eigenvalue weighted by atomic mass is 10.1. The molecule has 5 heteroatoms. The van der Waals surface area contributed by atoms with E-state index in [0.29, 0.717) is 6.42 Å². The van der Waals surface area contributed by atoms with Crippen LogP contribution in [0, 0.1) is 0 Å². The molecule has 1 aliphatic rings. The highest BCUT2D eigenvalue weighted by molar-refractivity contribution is 5.91. The topological polar surface area (TPSA) is 59.0 Å². The van der Waals surface area contributed by atoms with Crippen LogP contribution < -0.4 is 4.90 Å². The summed E-state index contributed by atoms with van der Waals surface area (Å²) in [6.07, 6.45) is 1.78. The van der Waals surface area contributed by atoms with Gasteiger partial charge in [0.15, 0.2) is 0 Å². The van der Waals surface area contributed by atoms with Crippen molar-refractivity contribution in [3.63, 3.8) is 0 Å². The molecule has 2 rings (SSSR count). The number of nitrogens with zero attached hydrogens (tertiary/aromatic N) is 2. The highest BCUT2D eigenvalue weighted by Crippen LogP contribution is 2.33. The van der Waals surface area contributed by atoms with Gasteiger partial charge in [0.2, 0.25) is 6.08 Å². The number of hydrogen-bond donors (Lipinski definition) is 0. The first-order valence-electron chi connectivity index (χ1n) is 6.56. The second-order valence-electron chi connectivity index (χ2n) is 5.77. The number of amides is 1. The molecule has 0 saturated carbocycles. The Morgan fingerprint density at radius 3 is 2.80 bits per heavy atom. The van der Waals surface area contributed by atoms with Gasteiger partial charge in [-0.15, -0.1) is 0 Å². The molecule has 1 aromatic carbocycles. The maximum absolute atomic E-state index is 12.4. The van der Waals surface area contributed by atoms with Gasteiger partial charge < -0.3 is 4.74 Å². The molecule has 0 bridgehead atoms. The van der Waals surface area contributed by atoms with Crippen LogP contribution in [0.4, 0.5) is 10.5 Å². The third-order valence-electron chi connectivity index (χ3n) is 3.03. The fourth-order valence-corrected chi connectivity index (χ4v) is 2.31. The molecule has 20 heavy (non-hydrogen) atoms. The van der Waals surface area contributed by atoms with Crippen LogP contribution in [-0.4, -0.2) is 30.4 Å². The normalized spacial score (nSPS) is 17.4. The van der Waals surface area contributed by atoms with Gasteiger partial charge in [-0.2, -0.15) is 0 Å². The van der Waals surface area contributed by atoms with Gasteiger partial charge in [0.1, 0.15) is 5.60 Å². The van der Waals surface area contributed by atoms with Crippen molar-refractivity contribution < 1.29 is 14.3 Å². The number of para-hydroxylation sites is 1. The summed E-state index contributed by atoms with van der Waals surface area (Å²) in [5.74, 6) is 0. The lowest BCUT2D eigenvalue weighted by Gasteiger charge is -2.28. The van der Waals surface area contributed by atoms with Crippen LogP contribution in [0.5, 0.6) is 0 Å². The molecule has 0 aromatic heterocycles. The highest BCUT2D eigenvalue weighted by Gasteiger charge is 2.36. The highest BCUT2D eigenvalue weighted by atomic mass is 16.6. The number of rotatable bonds is 2. The van der Waals surface area contributed by atoms with E-state index in [0.717, 1.165) is 11.3 Å². The molecule has 1 unspecified atom stereocenters. The van der Waals surface area contributed by atoms with Gasteiger partial charge in [-0.3, -0.25) is 4.90 Å². The summed E-state index contributed by atoms with van der Waals surface area (Å²) < 4.78 is 5.44. The predicted molar refractivity (Wildman–Crippen MR) is 75.6 cm³/mol. The number of ether oxygens (including phenoxy) is 1.